The number of hydrogen-bond acceptors (Lipinski definition) is 3. The maximum atomic E-state index is 3.73. The Labute approximate surface area is 105 Å². The van der Waals surface area contributed by atoms with Crippen LogP contribution in [0.15, 0.2) is 0 Å². The Kier molecular flexibility index (Phi) is 4.20. The van der Waals surface area contributed by atoms with Gasteiger partial charge in [0.2, 0.25) is 0 Å². The second-order valence-electron chi connectivity index (χ2n) is 5.73. The molecule has 1 N–H and O–H groups in total. The van der Waals surface area contributed by atoms with Crippen LogP contribution in [0.2, 0.25) is 0 Å². The number of nitrogens with zero attached hydrogens (tertiary/aromatic N) is 1. The van der Waals surface area contributed by atoms with Crippen LogP contribution in [0.4, 0.5) is 0 Å². The SMILES string of the molecule is CC1SCCN(CC2(C)CCCCN2)C1C. The molecule has 0 saturated carbocycles. The zero-order valence-corrected chi connectivity index (χ0v) is 11.8. The summed E-state index contributed by atoms with van der Waals surface area (Å²) in [5.41, 5.74) is 0.369. The van der Waals surface area contributed by atoms with Gasteiger partial charge in [0.15, 0.2) is 0 Å². The second-order valence-corrected chi connectivity index (χ2v) is 7.22. The van der Waals surface area contributed by atoms with Gasteiger partial charge in [0.05, 0.1) is 0 Å². The van der Waals surface area contributed by atoms with E-state index in [0.717, 1.165) is 11.3 Å². The second kappa shape index (κ2) is 5.28. The fraction of sp³-hybridized carbons (Fsp3) is 1.00. The Bertz CT molecular complexity index is 226. The lowest BCUT2D eigenvalue weighted by molar-refractivity contribution is 0.132. The van der Waals surface area contributed by atoms with E-state index in [0.29, 0.717) is 5.54 Å². The van der Waals surface area contributed by atoms with E-state index >= 15 is 0 Å². The van der Waals surface area contributed by atoms with Crippen molar-refractivity contribution in [1.82, 2.24) is 10.2 Å². The van der Waals surface area contributed by atoms with Crippen molar-refractivity contribution in [3.8, 4) is 0 Å². The summed E-state index contributed by atoms with van der Waals surface area (Å²) in [5, 5.41) is 4.52. The maximum Gasteiger partial charge on any atom is 0.0280 e. The standard InChI is InChI=1S/C13H26N2S/c1-11-12(2)16-9-8-15(11)10-13(3)6-4-5-7-14-13/h11-12,14H,4-10H2,1-3H3. The Morgan fingerprint density at radius 3 is 2.88 bits per heavy atom. The van der Waals surface area contributed by atoms with Crippen molar-refractivity contribution in [1.29, 1.82) is 0 Å². The zero-order valence-electron chi connectivity index (χ0n) is 11.0. The molecular weight excluding hydrogens is 216 g/mol. The molecule has 2 heterocycles. The topological polar surface area (TPSA) is 15.3 Å². The van der Waals surface area contributed by atoms with Gasteiger partial charge in [0.25, 0.3) is 0 Å². The van der Waals surface area contributed by atoms with Crippen molar-refractivity contribution in [2.45, 2.75) is 56.9 Å². The minimum atomic E-state index is 0.369. The number of hydrogen-bond donors (Lipinski definition) is 1. The third kappa shape index (κ3) is 2.93. The van der Waals surface area contributed by atoms with Crippen LogP contribution in [0.5, 0.6) is 0 Å². The van der Waals surface area contributed by atoms with Crippen LogP contribution in [-0.2, 0) is 0 Å². The molecule has 16 heavy (non-hydrogen) atoms. The van der Waals surface area contributed by atoms with Gasteiger partial charge in [-0.1, -0.05) is 13.3 Å². The summed E-state index contributed by atoms with van der Waals surface area (Å²) in [4.78, 5) is 2.69. The lowest BCUT2D eigenvalue weighted by Crippen LogP contribution is -2.57. The quantitative estimate of drug-likeness (QED) is 0.800. The Hall–Kier alpha value is 0.270. The van der Waals surface area contributed by atoms with Crippen molar-refractivity contribution < 1.29 is 0 Å². The average molecular weight is 242 g/mol. The monoisotopic (exact) mass is 242 g/mol. The highest BCUT2D eigenvalue weighted by Crippen LogP contribution is 2.27. The minimum absolute atomic E-state index is 0.369. The fourth-order valence-corrected chi connectivity index (χ4v) is 4.08. The summed E-state index contributed by atoms with van der Waals surface area (Å²) >= 11 is 2.13. The van der Waals surface area contributed by atoms with Gasteiger partial charge in [-0.15, -0.1) is 0 Å². The molecule has 3 atom stereocenters. The predicted molar refractivity (Wildman–Crippen MR) is 73.2 cm³/mol. The highest BCUT2D eigenvalue weighted by molar-refractivity contribution is 8.00. The third-order valence-corrected chi connectivity index (χ3v) is 5.61. The highest BCUT2D eigenvalue weighted by atomic mass is 32.2. The number of piperidine rings is 1. The van der Waals surface area contributed by atoms with Gasteiger partial charge in [-0.25, -0.2) is 0 Å². The summed E-state index contributed by atoms with van der Waals surface area (Å²) < 4.78 is 0. The lowest BCUT2D eigenvalue weighted by Gasteiger charge is -2.44. The van der Waals surface area contributed by atoms with Crippen LogP contribution in [0, 0.1) is 0 Å². The largest absolute Gasteiger partial charge is 0.310 e. The van der Waals surface area contributed by atoms with Gasteiger partial charge in [0, 0.05) is 35.7 Å². The molecule has 2 aliphatic rings. The molecule has 0 aromatic carbocycles. The number of rotatable bonds is 2. The Balaban J connectivity index is 1.92. The van der Waals surface area contributed by atoms with Crippen LogP contribution in [0.25, 0.3) is 0 Å². The first-order valence-corrected chi connectivity index (χ1v) is 7.76. The molecule has 3 heteroatoms. The van der Waals surface area contributed by atoms with Crippen LogP contribution in [0.1, 0.15) is 40.0 Å². The molecule has 2 fully saturated rings. The van der Waals surface area contributed by atoms with E-state index in [1.807, 2.05) is 0 Å². The molecule has 3 unspecified atom stereocenters. The third-order valence-electron chi connectivity index (χ3n) is 4.27. The summed E-state index contributed by atoms with van der Waals surface area (Å²) in [6, 6.07) is 0.735. The van der Waals surface area contributed by atoms with Crippen molar-refractivity contribution in [2.24, 2.45) is 0 Å². The molecule has 2 saturated heterocycles. The molecule has 2 nitrogen and oxygen atoms in total. The average Bonchev–Trinajstić information content (AvgIpc) is 2.26. The molecule has 0 spiro atoms. The highest BCUT2D eigenvalue weighted by Gasteiger charge is 2.33. The molecular formula is C13H26N2S. The summed E-state index contributed by atoms with van der Waals surface area (Å²) in [6.07, 6.45) is 4.10. The van der Waals surface area contributed by atoms with Gasteiger partial charge < -0.3 is 5.32 Å². The molecule has 0 radical (unpaired) electrons. The molecule has 0 amide bonds. The van der Waals surface area contributed by atoms with Gasteiger partial charge in [-0.2, -0.15) is 11.8 Å². The molecule has 2 aliphatic heterocycles. The van der Waals surface area contributed by atoms with Gasteiger partial charge in [-0.3, -0.25) is 4.90 Å². The molecule has 2 rings (SSSR count). The van der Waals surface area contributed by atoms with E-state index in [1.54, 1.807) is 0 Å². The van der Waals surface area contributed by atoms with Crippen molar-refractivity contribution >= 4 is 11.8 Å². The Morgan fingerprint density at radius 1 is 1.38 bits per heavy atom. The lowest BCUT2D eigenvalue weighted by atomic mass is 9.90. The summed E-state index contributed by atoms with van der Waals surface area (Å²) in [6.45, 7) is 10.9. The first kappa shape index (κ1) is 12.7. The number of nitrogens with one attached hydrogen (secondary N) is 1. The van der Waals surface area contributed by atoms with Crippen molar-refractivity contribution in [3.05, 3.63) is 0 Å². The van der Waals surface area contributed by atoms with Gasteiger partial charge >= 0.3 is 0 Å². The van der Waals surface area contributed by atoms with Crippen molar-refractivity contribution in [3.63, 3.8) is 0 Å². The molecule has 0 aromatic rings. The first-order chi connectivity index (χ1) is 7.61. The minimum Gasteiger partial charge on any atom is -0.310 e. The normalized spacial score (nSPS) is 42.2. The van der Waals surface area contributed by atoms with E-state index in [1.165, 1.54) is 44.6 Å². The van der Waals surface area contributed by atoms with Gasteiger partial charge in [-0.05, 0) is 33.2 Å². The summed E-state index contributed by atoms with van der Waals surface area (Å²) in [7, 11) is 0. The maximum absolute atomic E-state index is 3.73. The zero-order chi connectivity index (χ0) is 11.6. The smallest absolute Gasteiger partial charge is 0.0280 e. The number of thioether (sulfide) groups is 1. The molecule has 0 aliphatic carbocycles. The predicted octanol–water partition coefficient (Wildman–Crippen LogP) is 2.34. The van der Waals surface area contributed by atoms with Crippen LogP contribution < -0.4 is 5.32 Å². The summed E-state index contributed by atoms with van der Waals surface area (Å²) in [5.74, 6) is 1.31. The first-order valence-electron chi connectivity index (χ1n) is 6.71. The Morgan fingerprint density at radius 2 is 2.19 bits per heavy atom. The van der Waals surface area contributed by atoms with Crippen LogP contribution in [-0.4, -0.2) is 47.1 Å². The van der Waals surface area contributed by atoms with Crippen LogP contribution in [0.3, 0.4) is 0 Å². The van der Waals surface area contributed by atoms with Crippen LogP contribution >= 0.6 is 11.8 Å². The van der Waals surface area contributed by atoms with Crippen molar-refractivity contribution in [2.75, 3.05) is 25.4 Å². The molecule has 0 aromatic heterocycles. The fourth-order valence-electron chi connectivity index (χ4n) is 2.92. The van der Waals surface area contributed by atoms with E-state index in [2.05, 4.69) is 42.7 Å². The van der Waals surface area contributed by atoms with E-state index < -0.39 is 0 Å². The van der Waals surface area contributed by atoms with Gasteiger partial charge in [0.1, 0.15) is 0 Å². The van der Waals surface area contributed by atoms with E-state index in [9.17, 15) is 0 Å². The van der Waals surface area contributed by atoms with E-state index in [4.69, 9.17) is 0 Å². The molecule has 94 valence electrons. The van der Waals surface area contributed by atoms with E-state index in [-0.39, 0.29) is 0 Å². The molecule has 0 bridgehead atoms.